The molecular weight excluding hydrogens is 236 g/mol. The molecule has 2 heterocycles. The third-order valence-corrected chi connectivity index (χ3v) is 3.43. The minimum absolute atomic E-state index is 0.592. The molecule has 1 aliphatic rings. The Bertz CT molecular complexity index is 672. The van der Waals surface area contributed by atoms with E-state index in [9.17, 15) is 0 Å². The molecule has 1 fully saturated rings. The molecule has 3 rings (SSSR count). The Balaban J connectivity index is 1.95. The highest BCUT2D eigenvalue weighted by atomic mass is 15.3. The van der Waals surface area contributed by atoms with Crippen LogP contribution in [0.5, 0.6) is 0 Å². The van der Waals surface area contributed by atoms with Crippen molar-refractivity contribution in [2.45, 2.75) is 18.8 Å². The van der Waals surface area contributed by atoms with Crippen LogP contribution in [-0.2, 0) is 7.05 Å². The first-order valence-electron chi connectivity index (χ1n) is 6.33. The minimum atomic E-state index is 0.592. The lowest BCUT2D eigenvalue weighted by Gasteiger charge is -2.00. The van der Waals surface area contributed by atoms with Crippen LogP contribution in [0.3, 0.4) is 0 Å². The van der Waals surface area contributed by atoms with E-state index in [4.69, 9.17) is 5.26 Å². The summed E-state index contributed by atoms with van der Waals surface area (Å²) in [6.07, 6.45) is 11.8. The van der Waals surface area contributed by atoms with Crippen LogP contribution >= 0.6 is 0 Å². The largest absolute Gasteiger partial charge is 0.268 e. The van der Waals surface area contributed by atoms with E-state index in [-0.39, 0.29) is 0 Å². The highest BCUT2D eigenvalue weighted by Crippen LogP contribution is 2.41. The lowest BCUT2D eigenvalue weighted by Crippen LogP contribution is -1.94. The lowest BCUT2D eigenvalue weighted by molar-refractivity contribution is 0.758. The highest BCUT2D eigenvalue weighted by molar-refractivity contribution is 5.72. The maximum absolute atomic E-state index is 9.04. The van der Waals surface area contributed by atoms with Crippen molar-refractivity contribution in [1.29, 1.82) is 5.26 Å². The summed E-state index contributed by atoms with van der Waals surface area (Å²) in [5.41, 5.74) is 3.92. The summed E-state index contributed by atoms with van der Waals surface area (Å²) < 4.78 is 1.89. The fourth-order valence-corrected chi connectivity index (χ4v) is 2.19. The summed E-state index contributed by atoms with van der Waals surface area (Å²) in [5.74, 6) is 0.668. The zero-order valence-corrected chi connectivity index (χ0v) is 10.7. The molecule has 0 aliphatic heterocycles. The molecule has 0 saturated heterocycles. The monoisotopic (exact) mass is 250 g/mol. The van der Waals surface area contributed by atoms with E-state index in [1.165, 1.54) is 18.4 Å². The van der Waals surface area contributed by atoms with Crippen molar-refractivity contribution in [3.63, 3.8) is 0 Å². The number of aromatic nitrogens is 3. The normalized spacial score (nSPS) is 14.7. The zero-order chi connectivity index (χ0) is 13.2. The Morgan fingerprint density at radius 2 is 2.21 bits per heavy atom. The molecule has 0 atom stereocenters. The van der Waals surface area contributed by atoms with E-state index in [1.807, 2.05) is 36.1 Å². The average molecular weight is 250 g/mol. The number of hydrogen-bond donors (Lipinski definition) is 0. The summed E-state index contributed by atoms with van der Waals surface area (Å²) in [4.78, 5) is 3.96. The Kier molecular flexibility index (Phi) is 2.88. The van der Waals surface area contributed by atoms with Crippen molar-refractivity contribution in [1.82, 2.24) is 14.8 Å². The van der Waals surface area contributed by atoms with Gasteiger partial charge in [-0.05, 0) is 36.5 Å². The molecule has 94 valence electrons. The first-order chi connectivity index (χ1) is 9.29. The van der Waals surface area contributed by atoms with E-state index in [0.29, 0.717) is 11.5 Å². The summed E-state index contributed by atoms with van der Waals surface area (Å²) in [6, 6.07) is 4.00. The third kappa shape index (κ3) is 2.27. The van der Waals surface area contributed by atoms with Crippen LogP contribution in [0.15, 0.2) is 24.7 Å². The molecule has 4 heteroatoms. The molecule has 0 N–H and O–H groups in total. The van der Waals surface area contributed by atoms with Crippen molar-refractivity contribution >= 4 is 12.2 Å². The van der Waals surface area contributed by atoms with Crippen LogP contribution in [0.4, 0.5) is 0 Å². The predicted octanol–water partition coefficient (Wildman–Crippen LogP) is 2.73. The third-order valence-electron chi connectivity index (χ3n) is 3.43. The summed E-state index contributed by atoms with van der Waals surface area (Å²) in [6.45, 7) is 0. The predicted molar refractivity (Wildman–Crippen MR) is 73.1 cm³/mol. The van der Waals surface area contributed by atoms with Crippen molar-refractivity contribution in [3.8, 4) is 6.07 Å². The van der Waals surface area contributed by atoms with E-state index in [0.717, 1.165) is 11.3 Å². The quantitative estimate of drug-likeness (QED) is 0.841. The van der Waals surface area contributed by atoms with Gasteiger partial charge in [0.05, 0.1) is 17.5 Å². The molecule has 2 aromatic heterocycles. The van der Waals surface area contributed by atoms with Gasteiger partial charge in [0.2, 0.25) is 0 Å². The Morgan fingerprint density at radius 3 is 2.95 bits per heavy atom. The fraction of sp³-hybridized carbons (Fsp3) is 0.267. The zero-order valence-electron chi connectivity index (χ0n) is 10.7. The van der Waals surface area contributed by atoms with Crippen molar-refractivity contribution in [2.75, 3.05) is 0 Å². The van der Waals surface area contributed by atoms with Gasteiger partial charge in [0.25, 0.3) is 0 Å². The van der Waals surface area contributed by atoms with Crippen molar-refractivity contribution < 1.29 is 0 Å². The van der Waals surface area contributed by atoms with E-state index < -0.39 is 0 Å². The number of nitriles is 1. The number of pyridine rings is 1. The SMILES string of the molecule is Cn1ncc(C2CC2)c1C=Cc1ccncc1C#N. The van der Waals surface area contributed by atoms with Crippen molar-refractivity contribution in [3.05, 3.63) is 47.0 Å². The van der Waals surface area contributed by atoms with Gasteiger partial charge in [-0.2, -0.15) is 10.4 Å². The van der Waals surface area contributed by atoms with Crippen LogP contribution < -0.4 is 0 Å². The fourth-order valence-electron chi connectivity index (χ4n) is 2.19. The second-order valence-corrected chi connectivity index (χ2v) is 4.79. The van der Waals surface area contributed by atoms with Gasteiger partial charge >= 0.3 is 0 Å². The topological polar surface area (TPSA) is 54.5 Å². The molecule has 4 nitrogen and oxygen atoms in total. The first kappa shape index (κ1) is 11.7. The number of hydrogen-bond acceptors (Lipinski definition) is 3. The minimum Gasteiger partial charge on any atom is -0.268 e. The van der Waals surface area contributed by atoms with Gasteiger partial charge in [0.15, 0.2) is 0 Å². The molecule has 2 aromatic rings. The van der Waals surface area contributed by atoms with Gasteiger partial charge in [-0.25, -0.2) is 0 Å². The molecule has 19 heavy (non-hydrogen) atoms. The van der Waals surface area contributed by atoms with Gasteiger partial charge in [-0.3, -0.25) is 9.67 Å². The van der Waals surface area contributed by atoms with Crippen LogP contribution in [0, 0.1) is 11.3 Å². The van der Waals surface area contributed by atoms with Crippen LogP contribution in [0.1, 0.15) is 41.1 Å². The average Bonchev–Trinajstić information content (AvgIpc) is 3.21. The van der Waals surface area contributed by atoms with Crippen molar-refractivity contribution in [2.24, 2.45) is 7.05 Å². The van der Waals surface area contributed by atoms with Crippen LogP contribution in [-0.4, -0.2) is 14.8 Å². The van der Waals surface area contributed by atoms with E-state index in [2.05, 4.69) is 16.2 Å². The number of rotatable bonds is 3. The standard InChI is InChI=1S/C15H14N4/c1-19-15(14(10-18-19)12-2-3-12)5-4-11-6-7-17-9-13(11)8-16/h4-7,9-10,12H,2-3H2,1H3. The first-order valence-corrected chi connectivity index (χ1v) is 6.33. The highest BCUT2D eigenvalue weighted by Gasteiger charge is 2.27. The van der Waals surface area contributed by atoms with Gasteiger partial charge in [0.1, 0.15) is 6.07 Å². The van der Waals surface area contributed by atoms with Gasteiger partial charge in [-0.1, -0.05) is 6.08 Å². The molecular formula is C15H14N4. The van der Waals surface area contributed by atoms with E-state index in [1.54, 1.807) is 12.4 Å². The molecule has 1 saturated carbocycles. The molecule has 0 unspecified atom stereocenters. The maximum atomic E-state index is 9.04. The lowest BCUT2D eigenvalue weighted by atomic mass is 10.1. The second kappa shape index (κ2) is 4.69. The molecule has 0 spiro atoms. The number of nitrogens with zero attached hydrogens (tertiary/aromatic N) is 4. The number of aryl methyl sites for hydroxylation is 1. The molecule has 1 aliphatic carbocycles. The maximum Gasteiger partial charge on any atom is 0.101 e. The summed E-state index contributed by atoms with van der Waals surface area (Å²) in [7, 11) is 1.95. The smallest absolute Gasteiger partial charge is 0.101 e. The Morgan fingerprint density at radius 1 is 1.37 bits per heavy atom. The Hall–Kier alpha value is -2.41. The van der Waals surface area contributed by atoms with Crippen LogP contribution in [0.25, 0.3) is 12.2 Å². The molecule has 0 bridgehead atoms. The van der Waals surface area contributed by atoms with Gasteiger partial charge in [0, 0.05) is 25.0 Å². The molecule has 0 aromatic carbocycles. The summed E-state index contributed by atoms with van der Waals surface area (Å²) >= 11 is 0. The molecule has 0 radical (unpaired) electrons. The summed E-state index contributed by atoms with van der Waals surface area (Å²) in [5, 5.41) is 13.4. The van der Waals surface area contributed by atoms with Gasteiger partial charge in [-0.15, -0.1) is 0 Å². The second-order valence-electron chi connectivity index (χ2n) is 4.79. The van der Waals surface area contributed by atoms with E-state index >= 15 is 0 Å². The molecule has 0 amide bonds. The van der Waals surface area contributed by atoms with Crippen LogP contribution in [0.2, 0.25) is 0 Å². The Labute approximate surface area is 112 Å². The van der Waals surface area contributed by atoms with Gasteiger partial charge < -0.3 is 0 Å².